The Morgan fingerprint density at radius 2 is 2.16 bits per heavy atom. The number of aromatic nitrogens is 5. The van der Waals surface area contributed by atoms with Gasteiger partial charge in [-0.15, -0.1) is 5.10 Å². The van der Waals surface area contributed by atoms with Crippen LogP contribution < -0.4 is 5.32 Å². The van der Waals surface area contributed by atoms with Crippen LogP contribution in [-0.4, -0.2) is 36.5 Å². The molecule has 0 atom stereocenters. The Bertz CT molecular complexity index is 600. The van der Waals surface area contributed by atoms with Gasteiger partial charge in [0, 0.05) is 13.1 Å². The van der Waals surface area contributed by atoms with Gasteiger partial charge >= 0.3 is 0 Å². The summed E-state index contributed by atoms with van der Waals surface area (Å²) in [5.74, 6) is -0.0165. The van der Waals surface area contributed by atoms with E-state index in [2.05, 4.69) is 20.6 Å². The third-order valence-corrected chi connectivity index (χ3v) is 2.39. The summed E-state index contributed by atoms with van der Waals surface area (Å²) in [5, 5.41) is 14.6. The fourth-order valence-corrected chi connectivity index (χ4v) is 1.47. The lowest BCUT2D eigenvalue weighted by atomic mass is 10.3. The Kier molecular flexibility index (Phi) is 3.69. The van der Waals surface area contributed by atoms with Gasteiger partial charge in [-0.25, -0.2) is 0 Å². The van der Waals surface area contributed by atoms with Crippen LogP contribution in [0.4, 0.5) is 5.82 Å². The number of nitrogens with zero attached hydrogens (tertiary/aromatic N) is 5. The molecule has 0 aliphatic carbocycles. The largest absolute Gasteiger partial charge is 0.306 e. The van der Waals surface area contributed by atoms with E-state index < -0.39 is 0 Å². The second-order valence-corrected chi connectivity index (χ2v) is 3.92. The van der Waals surface area contributed by atoms with Crippen LogP contribution in [0.2, 0.25) is 0 Å². The third-order valence-electron chi connectivity index (χ3n) is 2.39. The van der Waals surface area contributed by atoms with Gasteiger partial charge in [-0.3, -0.25) is 14.3 Å². The molecule has 0 saturated heterocycles. The second-order valence-electron chi connectivity index (χ2n) is 3.92. The number of carbonyl (C=O) groups excluding carboxylic acids is 2. The van der Waals surface area contributed by atoms with Crippen molar-refractivity contribution in [3.05, 3.63) is 24.2 Å². The van der Waals surface area contributed by atoms with Crippen molar-refractivity contribution in [3.8, 4) is 0 Å². The van der Waals surface area contributed by atoms with Crippen molar-refractivity contribution in [2.75, 3.05) is 5.32 Å². The molecule has 100 valence electrons. The van der Waals surface area contributed by atoms with Gasteiger partial charge in [0.05, 0.1) is 12.7 Å². The maximum atomic E-state index is 11.7. The molecule has 2 aromatic rings. The van der Waals surface area contributed by atoms with Gasteiger partial charge in [0.25, 0.3) is 0 Å². The fraction of sp³-hybridized carbons (Fsp3) is 0.364. The number of nitrogens with one attached hydrogen (secondary N) is 1. The number of hydrogen-bond donors (Lipinski definition) is 1. The van der Waals surface area contributed by atoms with Crippen LogP contribution in [0.1, 0.15) is 24.3 Å². The van der Waals surface area contributed by atoms with Crippen molar-refractivity contribution < 1.29 is 9.59 Å². The predicted octanol–water partition coefficient (Wildman–Crippen LogP) is 0.336. The lowest BCUT2D eigenvalue weighted by Gasteiger charge is -2.01. The van der Waals surface area contributed by atoms with Gasteiger partial charge in [0.1, 0.15) is 12.2 Å². The second kappa shape index (κ2) is 5.42. The van der Waals surface area contributed by atoms with Crippen molar-refractivity contribution in [1.29, 1.82) is 0 Å². The monoisotopic (exact) mass is 262 g/mol. The first-order valence-corrected chi connectivity index (χ1v) is 5.83. The van der Waals surface area contributed by atoms with E-state index >= 15 is 0 Å². The Hall–Kier alpha value is -2.51. The first-order chi connectivity index (χ1) is 9.08. The van der Waals surface area contributed by atoms with Crippen molar-refractivity contribution in [2.45, 2.75) is 26.9 Å². The van der Waals surface area contributed by atoms with Gasteiger partial charge < -0.3 is 5.32 Å². The highest BCUT2D eigenvalue weighted by Gasteiger charge is 2.09. The number of ketones is 1. The Morgan fingerprint density at radius 1 is 1.37 bits per heavy atom. The van der Waals surface area contributed by atoms with Gasteiger partial charge in [0.15, 0.2) is 11.6 Å². The first-order valence-electron chi connectivity index (χ1n) is 5.83. The predicted molar refractivity (Wildman–Crippen MR) is 66.6 cm³/mol. The molecule has 0 fully saturated rings. The Balaban J connectivity index is 1.95. The number of amides is 1. The minimum Gasteiger partial charge on any atom is -0.306 e. The Morgan fingerprint density at radius 3 is 2.74 bits per heavy atom. The Labute approximate surface area is 109 Å². The highest BCUT2D eigenvalue weighted by Crippen LogP contribution is 2.01. The average molecular weight is 262 g/mol. The molecule has 2 rings (SSSR count). The molecule has 0 spiro atoms. The smallest absolute Gasteiger partial charge is 0.247 e. The molecule has 0 radical (unpaired) electrons. The highest BCUT2D eigenvalue weighted by molar-refractivity contribution is 5.92. The van der Waals surface area contributed by atoms with E-state index in [1.165, 1.54) is 22.6 Å². The topological polar surface area (TPSA) is 94.7 Å². The summed E-state index contributed by atoms with van der Waals surface area (Å²) in [7, 11) is 0. The first kappa shape index (κ1) is 12.9. The molecule has 0 aliphatic rings. The van der Waals surface area contributed by atoms with E-state index in [-0.39, 0.29) is 18.2 Å². The molecule has 0 bridgehead atoms. The normalized spacial score (nSPS) is 10.4. The highest BCUT2D eigenvalue weighted by atomic mass is 16.2. The SMILES string of the molecule is CCn1ncc(NC(=O)Cn2ccc(C(C)=O)n2)n1. The summed E-state index contributed by atoms with van der Waals surface area (Å²) >= 11 is 0. The molecule has 0 saturated carbocycles. The van der Waals surface area contributed by atoms with Crippen molar-refractivity contribution in [3.63, 3.8) is 0 Å². The number of carbonyl (C=O) groups is 2. The molecule has 8 nitrogen and oxygen atoms in total. The molecule has 8 heteroatoms. The van der Waals surface area contributed by atoms with Crippen LogP contribution in [-0.2, 0) is 17.9 Å². The lowest BCUT2D eigenvalue weighted by molar-refractivity contribution is -0.116. The zero-order valence-electron chi connectivity index (χ0n) is 10.7. The summed E-state index contributed by atoms with van der Waals surface area (Å²) < 4.78 is 1.40. The van der Waals surface area contributed by atoms with Crippen molar-refractivity contribution in [2.24, 2.45) is 0 Å². The summed E-state index contributed by atoms with van der Waals surface area (Å²) in [6.45, 7) is 3.98. The number of aryl methyl sites for hydroxylation is 1. The van der Waals surface area contributed by atoms with E-state index in [1.807, 2.05) is 6.92 Å². The van der Waals surface area contributed by atoms with Crippen LogP contribution in [0, 0.1) is 0 Å². The molecule has 1 amide bonds. The quantitative estimate of drug-likeness (QED) is 0.784. The molecule has 0 aliphatic heterocycles. The third kappa shape index (κ3) is 3.24. The van der Waals surface area contributed by atoms with Gasteiger partial charge in [-0.2, -0.15) is 15.0 Å². The molecule has 1 N–H and O–H groups in total. The lowest BCUT2D eigenvalue weighted by Crippen LogP contribution is -2.19. The summed E-state index contributed by atoms with van der Waals surface area (Å²) in [5.41, 5.74) is 0.338. The zero-order chi connectivity index (χ0) is 13.8. The summed E-state index contributed by atoms with van der Waals surface area (Å²) in [4.78, 5) is 24.3. The van der Waals surface area contributed by atoms with Gasteiger partial charge in [-0.1, -0.05) is 0 Å². The van der Waals surface area contributed by atoms with E-state index in [9.17, 15) is 9.59 Å². The van der Waals surface area contributed by atoms with Crippen LogP contribution in [0.5, 0.6) is 0 Å². The summed E-state index contributed by atoms with van der Waals surface area (Å²) in [6, 6.07) is 1.57. The maximum absolute atomic E-state index is 11.7. The minimum absolute atomic E-state index is 0.0201. The molecular weight excluding hydrogens is 248 g/mol. The van der Waals surface area contributed by atoms with Crippen LogP contribution in [0.15, 0.2) is 18.5 Å². The number of hydrogen-bond acceptors (Lipinski definition) is 5. The molecule has 2 heterocycles. The van der Waals surface area contributed by atoms with Crippen molar-refractivity contribution >= 4 is 17.5 Å². The van der Waals surface area contributed by atoms with Crippen LogP contribution >= 0.6 is 0 Å². The number of rotatable bonds is 5. The van der Waals surface area contributed by atoms with Crippen LogP contribution in [0.3, 0.4) is 0 Å². The molecule has 2 aromatic heterocycles. The van der Waals surface area contributed by atoms with E-state index in [1.54, 1.807) is 12.3 Å². The van der Waals surface area contributed by atoms with Gasteiger partial charge in [0.2, 0.25) is 5.91 Å². The van der Waals surface area contributed by atoms with E-state index in [0.29, 0.717) is 18.1 Å². The van der Waals surface area contributed by atoms with E-state index in [0.717, 1.165) is 0 Å². The molecule has 0 aromatic carbocycles. The molecular formula is C11H14N6O2. The summed E-state index contributed by atoms with van der Waals surface area (Å²) in [6.07, 6.45) is 3.06. The average Bonchev–Trinajstić information content (AvgIpc) is 2.98. The van der Waals surface area contributed by atoms with E-state index in [4.69, 9.17) is 0 Å². The maximum Gasteiger partial charge on any atom is 0.247 e. The van der Waals surface area contributed by atoms with Gasteiger partial charge in [-0.05, 0) is 13.0 Å². The van der Waals surface area contributed by atoms with Crippen molar-refractivity contribution in [1.82, 2.24) is 24.8 Å². The fourth-order valence-electron chi connectivity index (χ4n) is 1.47. The molecule has 19 heavy (non-hydrogen) atoms. The standard InChI is InChI=1S/C11H14N6O2/c1-3-17-12-6-10(15-17)13-11(19)7-16-5-4-9(14-16)8(2)18/h4-6H,3,7H2,1-2H3,(H,13,15,19). The molecule has 0 unspecified atom stereocenters. The number of Topliss-reactive ketones (excluding diaryl/α,β-unsaturated/α-hetero) is 1. The zero-order valence-corrected chi connectivity index (χ0v) is 10.7. The number of anilines is 1. The minimum atomic E-state index is -0.277. The van der Waals surface area contributed by atoms with Crippen LogP contribution in [0.25, 0.3) is 0 Å².